The van der Waals surface area contributed by atoms with Gasteiger partial charge in [0.25, 0.3) is 0 Å². The quantitative estimate of drug-likeness (QED) is 0.829. The summed E-state index contributed by atoms with van der Waals surface area (Å²) in [5, 5.41) is 6.35. The van der Waals surface area contributed by atoms with Crippen LogP contribution in [0.1, 0.15) is 20.8 Å². The van der Waals surface area contributed by atoms with Crippen LogP contribution in [0.15, 0.2) is 35.0 Å². The summed E-state index contributed by atoms with van der Waals surface area (Å²) in [6, 6.07) is 9.06. The second kappa shape index (κ2) is 5.89. The minimum atomic E-state index is -1.30. The molecule has 1 unspecified atom stereocenters. The van der Waals surface area contributed by atoms with Gasteiger partial charge in [-0.1, -0.05) is 48.6 Å². The highest BCUT2D eigenvalue weighted by Crippen LogP contribution is 2.16. The number of anilines is 1. The zero-order chi connectivity index (χ0) is 13.9. The van der Waals surface area contributed by atoms with E-state index in [2.05, 4.69) is 80.2 Å². The van der Waals surface area contributed by atoms with Crippen LogP contribution in [0.2, 0.25) is 19.6 Å². The SMILES string of the molecule is CC([Si])=C(C)C(C)Nc1ccccc1[Si](C)(C)C. The molecule has 0 fully saturated rings. The monoisotopic (exact) mass is 274 g/mol. The van der Waals surface area contributed by atoms with E-state index in [0.717, 1.165) is 0 Å². The average molecular weight is 275 g/mol. The number of nitrogens with one attached hydrogen (secondary N) is 1. The normalized spacial score (nSPS) is 15.1. The van der Waals surface area contributed by atoms with Gasteiger partial charge in [-0.25, -0.2) is 0 Å². The fourth-order valence-electron chi connectivity index (χ4n) is 1.93. The molecule has 0 bridgehead atoms. The first-order valence-corrected chi connectivity index (χ1v) is 10.5. The van der Waals surface area contributed by atoms with Crippen molar-refractivity contribution >= 4 is 29.2 Å². The summed E-state index contributed by atoms with van der Waals surface area (Å²) < 4.78 is 0. The van der Waals surface area contributed by atoms with Crippen molar-refractivity contribution in [3.8, 4) is 0 Å². The van der Waals surface area contributed by atoms with Crippen molar-refractivity contribution in [2.75, 3.05) is 5.32 Å². The molecular weight excluding hydrogens is 250 g/mol. The maximum atomic E-state index is 3.64. The topological polar surface area (TPSA) is 12.0 Å². The first-order chi connectivity index (χ1) is 8.23. The number of hydrogen-bond acceptors (Lipinski definition) is 1. The van der Waals surface area contributed by atoms with Gasteiger partial charge in [0.1, 0.15) is 0 Å². The molecule has 0 aliphatic heterocycles. The van der Waals surface area contributed by atoms with E-state index in [-0.39, 0.29) is 0 Å². The highest BCUT2D eigenvalue weighted by atomic mass is 28.3. The van der Waals surface area contributed by atoms with E-state index in [1.54, 1.807) is 0 Å². The van der Waals surface area contributed by atoms with Crippen molar-refractivity contribution in [3.05, 3.63) is 35.0 Å². The van der Waals surface area contributed by atoms with Crippen molar-refractivity contribution in [2.45, 2.75) is 46.5 Å². The molecule has 0 aliphatic rings. The third kappa shape index (κ3) is 3.85. The van der Waals surface area contributed by atoms with Crippen molar-refractivity contribution in [2.24, 2.45) is 0 Å². The summed E-state index contributed by atoms with van der Waals surface area (Å²) >= 11 is 0. The minimum Gasteiger partial charge on any atom is -0.379 e. The Morgan fingerprint density at radius 3 is 2.22 bits per heavy atom. The van der Waals surface area contributed by atoms with Crippen molar-refractivity contribution in [3.63, 3.8) is 0 Å². The van der Waals surface area contributed by atoms with Crippen molar-refractivity contribution < 1.29 is 0 Å². The lowest BCUT2D eigenvalue weighted by Crippen LogP contribution is -2.40. The molecule has 1 aromatic carbocycles. The molecule has 97 valence electrons. The van der Waals surface area contributed by atoms with Crippen LogP contribution >= 0.6 is 0 Å². The van der Waals surface area contributed by atoms with Gasteiger partial charge in [-0.2, -0.15) is 0 Å². The Morgan fingerprint density at radius 2 is 1.72 bits per heavy atom. The summed E-state index contributed by atoms with van der Waals surface area (Å²) in [6.07, 6.45) is 0. The highest BCUT2D eigenvalue weighted by molar-refractivity contribution is 6.89. The number of allylic oxidation sites excluding steroid dienone is 1. The lowest BCUT2D eigenvalue weighted by atomic mass is 10.1. The number of para-hydroxylation sites is 1. The van der Waals surface area contributed by atoms with E-state index >= 15 is 0 Å². The van der Waals surface area contributed by atoms with Crippen LogP contribution < -0.4 is 10.5 Å². The predicted octanol–water partition coefficient (Wildman–Crippen LogP) is 3.49. The van der Waals surface area contributed by atoms with E-state index < -0.39 is 8.07 Å². The number of hydrogen-bond donors (Lipinski definition) is 1. The Balaban J connectivity index is 3.03. The lowest BCUT2D eigenvalue weighted by molar-refractivity contribution is 0.917. The van der Waals surface area contributed by atoms with Crippen LogP contribution in [0.4, 0.5) is 5.69 Å². The molecule has 18 heavy (non-hydrogen) atoms. The second-order valence-electron chi connectivity index (χ2n) is 5.97. The first-order valence-electron chi connectivity index (χ1n) is 6.48. The Morgan fingerprint density at radius 1 is 1.17 bits per heavy atom. The van der Waals surface area contributed by atoms with Crippen LogP contribution in [0.3, 0.4) is 0 Å². The third-order valence-corrected chi connectivity index (χ3v) is 5.79. The molecule has 1 rings (SSSR count). The number of rotatable bonds is 4. The van der Waals surface area contributed by atoms with E-state index in [1.807, 2.05) is 0 Å². The first kappa shape index (κ1) is 15.3. The van der Waals surface area contributed by atoms with Gasteiger partial charge in [0.05, 0.1) is 18.3 Å². The van der Waals surface area contributed by atoms with E-state index in [4.69, 9.17) is 0 Å². The molecule has 3 heteroatoms. The molecule has 0 spiro atoms. The van der Waals surface area contributed by atoms with Gasteiger partial charge in [-0.15, -0.1) is 0 Å². The van der Waals surface area contributed by atoms with Crippen LogP contribution in [-0.4, -0.2) is 24.4 Å². The summed E-state index contributed by atoms with van der Waals surface area (Å²) in [6.45, 7) is 13.6. The van der Waals surface area contributed by atoms with Gasteiger partial charge >= 0.3 is 0 Å². The Labute approximate surface area is 116 Å². The van der Waals surface area contributed by atoms with Crippen molar-refractivity contribution in [1.82, 2.24) is 0 Å². The van der Waals surface area contributed by atoms with Gasteiger partial charge in [-0.05, 0) is 32.0 Å². The molecular formula is C15H24NSi2. The fraction of sp³-hybridized carbons (Fsp3) is 0.467. The second-order valence-corrected chi connectivity index (χ2v) is 11.8. The Hall–Kier alpha value is -0.806. The number of benzene rings is 1. The van der Waals surface area contributed by atoms with Crippen LogP contribution in [0.25, 0.3) is 0 Å². The molecule has 0 amide bonds. The maximum absolute atomic E-state index is 3.64. The van der Waals surface area contributed by atoms with E-state index in [1.165, 1.54) is 21.6 Å². The summed E-state index contributed by atoms with van der Waals surface area (Å²) in [7, 11) is 2.31. The van der Waals surface area contributed by atoms with Gasteiger partial charge < -0.3 is 5.32 Å². The van der Waals surface area contributed by atoms with E-state index in [0.29, 0.717) is 6.04 Å². The highest BCUT2D eigenvalue weighted by Gasteiger charge is 2.20. The van der Waals surface area contributed by atoms with Crippen LogP contribution in [-0.2, 0) is 0 Å². The zero-order valence-electron chi connectivity index (χ0n) is 12.4. The van der Waals surface area contributed by atoms with Crippen LogP contribution in [0, 0.1) is 0 Å². The van der Waals surface area contributed by atoms with Gasteiger partial charge in [-0.3, -0.25) is 0 Å². The maximum Gasteiger partial charge on any atom is 0.0803 e. The zero-order valence-corrected chi connectivity index (χ0v) is 14.4. The summed E-state index contributed by atoms with van der Waals surface area (Å²) in [4.78, 5) is 0. The summed E-state index contributed by atoms with van der Waals surface area (Å²) in [5.74, 6) is 0. The molecule has 1 atom stereocenters. The van der Waals surface area contributed by atoms with E-state index in [9.17, 15) is 0 Å². The van der Waals surface area contributed by atoms with Gasteiger partial charge in [0.15, 0.2) is 0 Å². The average Bonchev–Trinajstić information content (AvgIpc) is 2.27. The molecule has 0 saturated carbocycles. The standard InChI is InChI=1S/C15H24NSi2/c1-11(13(3)17)12(2)16-14-9-7-8-10-15(14)18(4,5)6/h7-10,12,16H,1-6H3. The minimum absolute atomic E-state index is 0.347. The molecule has 1 nitrogen and oxygen atoms in total. The van der Waals surface area contributed by atoms with Crippen molar-refractivity contribution in [1.29, 1.82) is 0 Å². The fourth-order valence-corrected chi connectivity index (χ4v) is 3.71. The molecule has 0 aromatic heterocycles. The largest absolute Gasteiger partial charge is 0.379 e. The Bertz CT molecular complexity index is 440. The predicted molar refractivity (Wildman–Crippen MR) is 86.6 cm³/mol. The molecule has 1 aromatic rings. The molecule has 1 N–H and O–H groups in total. The third-order valence-electron chi connectivity index (χ3n) is 3.35. The summed E-state index contributed by atoms with van der Waals surface area (Å²) in [5.41, 5.74) is 2.63. The molecule has 0 saturated heterocycles. The Kier molecular flexibility index (Phi) is 4.99. The van der Waals surface area contributed by atoms with Gasteiger partial charge in [0.2, 0.25) is 0 Å². The van der Waals surface area contributed by atoms with Crippen LogP contribution in [0.5, 0.6) is 0 Å². The molecule has 3 radical (unpaired) electrons. The van der Waals surface area contributed by atoms with Gasteiger partial charge in [0, 0.05) is 11.7 Å². The smallest absolute Gasteiger partial charge is 0.0803 e. The molecule has 0 aliphatic carbocycles. The lowest BCUT2D eigenvalue weighted by Gasteiger charge is -2.25. The molecule has 0 heterocycles.